The number of aromatic nitrogens is 2. The fourth-order valence-corrected chi connectivity index (χ4v) is 3.62. The number of carbonyl (C=O) groups excluding carboxylic acids is 1. The van der Waals surface area contributed by atoms with Crippen molar-refractivity contribution in [3.63, 3.8) is 0 Å². The number of nitrogens with one attached hydrogen (secondary N) is 1. The largest absolute Gasteiger partial charge is 0.496 e. The Bertz CT molecular complexity index is 930. The molecule has 1 aromatic heterocycles. The Morgan fingerprint density at radius 2 is 2.27 bits per heavy atom. The van der Waals surface area contributed by atoms with Crippen molar-refractivity contribution in [3.8, 4) is 23.1 Å². The summed E-state index contributed by atoms with van der Waals surface area (Å²) in [5.74, 6) is 0.688. The van der Waals surface area contributed by atoms with Crippen LogP contribution in [0.5, 0.6) is 5.75 Å². The van der Waals surface area contributed by atoms with Gasteiger partial charge in [-0.1, -0.05) is 11.6 Å². The van der Waals surface area contributed by atoms with Crippen molar-refractivity contribution >= 4 is 39.5 Å². The molecule has 2 heterocycles. The third-order valence-corrected chi connectivity index (χ3v) is 4.83. The van der Waals surface area contributed by atoms with Gasteiger partial charge in [-0.2, -0.15) is 5.26 Å². The summed E-state index contributed by atoms with van der Waals surface area (Å²) in [7, 11) is 1.55. The average Bonchev–Trinajstić information content (AvgIpc) is 3.03. The molecule has 3 rings (SSSR count). The molecule has 134 valence electrons. The highest BCUT2D eigenvalue weighted by Crippen LogP contribution is 2.39. The first-order valence-electron chi connectivity index (χ1n) is 7.53. The molecule has 1 aliphatic rings. The van der Waals surface area contributed by atoms with Gasteiger partial charge in [-0.3, -0.25) is 0 Å². The van der Waals surface area contributed by atoms with Crippen LogP contribution in [0.4, 0.5) is 10.7 Å². The van der Waals surface area contributed by atoms with Crippen molar-refractivity contribution in [2.45, 2.75) is 13.1 Å². The highest BCUT2D eigenvalue weighted by atomic mass is 79.9. The number of rotatable bonds is 3. The van der Waals surface area contributed by atoms with Gasteiger partial charge in [-0.15, -0.1) is 0 Å². The monoisotopic (exact) mass is 436 g/mol. The lowest BCUT2D eigenvalue weighted by Gasteiger charge is -2.15. The number of anilines is 1. The van der Waals surface area contributed by atoms with Gasteiger partial charge in [-0.05, 0) is 28.1 Å². The van der Waals surface area contributed by atoms with Crippen LogP contribution in [-0.4, -0.2) is 34.6 Å². The van der Waals surface area contributed by atoms with E-state index in [-0.39, 0.29) is 31.6 Å². The number of fused-ring (bicyclic) bond motifs is 1. The minimum Gasteiger partial charge on any atom is -0.496 e. The zero-order chi connectivity index (χ0) is 18.8. The first-order valence-corrected chi connectivity index (χ1v) is 8.70. The van der Waals surface area contributed by atoms with Gasteiger partial charge in [-0.25, -0.2) is 14.8 Å². The number of benzene rings is 1. The number of ether oxygens (including phenoxy) is 1. The SMILES string of the molecule is COc1cc(-c2nc(N)nc3c2CN(C(=O)NCC#N)C3)c(Cl)cc1Br. The first-order chi connectivity index (χ1) is 12.4. The Hall–Kier alpha value is -2.57. The number of urea groups is 1. The molecule has 0 saturated carbocycles. The number of carbonyl (C=O) groups is 1. The highest BCUT2D eigenvalue weighted by molar-refractivity contribution is 9.10. The fourth-order valence-electron chi connectivity index (χ4n) is 2.73. The molecule has 0 saturated heterocycles. The van der Waals surface area contributed by atoms with Gasteiger partial charge < -0.3 is 20.7 Å². The lowest BCUT2D eigenvalue weighted by atomic mass is 10.1. The van der Waals surface area contributed by atoms with E-state index in [0.717, 1.165) is 5.56 Å². The summed E-state index contributed by atoms with van der Waals surface area (Å²) in [5.41, 5.74) is 8.46. The number of halogens is 2. The quantitative estimate of drug-likeness (QED) is 0.713. The van der Waals surface area contributed by atoms with E-state index in [4.69, 9.17) is 27.3 Å². The van der Waals surface area contributed by atoms with Crippen LogP contribution in [0.2, 0.25) is 5.02 Å². The lowest BCUT2D eigenvalue weighted by Crippen LogP contribution is -2.36. The molecule has 2 aromatic rings. The van der Waals surface area contributed by atoms with E-state index in [1.807, 2.05) is 6.07 Å². The topological polar surface area (TPSA) is 117 Å². The van der Waals surface area contributed by atoms with E-state index < -0.39 is 0 Å². The molecule has 0 atom stereocenters. The number of hydrogen-bond donors (Lipinski definition) is 2. The van der Waals surface area contributed by atoms with Gasteiger partial charge in [0, 0.05) is 11.1 Å². The molecule has 3 N–H and O–H groups in total. The van der Waals surface area contributed by atoms with Crippen LogP contribution in [0.25, 0.3) is 11.3 Å². The Balaban J connectivity index is 2.03. The molecule has 0 radical (unpaired) electrons. The summed E-state index contributed by atoms with van der Waals surface area (Å²) in [4.78, 5) is 22.3. The maximum absolute atomic E-state index is 12.1. The summed E-state index contributed by atoms with van der Waals surface area (Å²) in [6, 6.07) is 4.99. The van der Waals surface area contributed by atoms with Crippen LogP contribution in [-0.2, 0) is 13.1 Å². The van der Waals surface area contributed by atoms with Crippen LogP contribution in [0.1, 0.15) is 11.3 Å². The molecule has 0 aliphatic carbocycles. The predicted molar refractivity (Wildman–Crippen MR) is 99.4 cm³/mol. The molecule has 0 bridgehead atoms. The smallest absolute Gasteiger partial charge is 0.318 e. The van der Waals surface area contributed by atoms with E-state index >= 15 is 0 Å². The van der Waals surface area contributed by atoms with Gasteiger partial charge >= 0.3 is 6.03 Å². The summed E-state index contributed by atoms with van der Waals surface area (Å²) in [6.45, 7) is 0.497. The molecule has 8 nitrogen and oxygen atoms in total. The number of nitrogens with zero attached hydrogens (tertiary/aromatic N) is 4. The third kappa shape index (κ3) is 3.38. The van der Waals surface area contributed by atoms with Gasteiger partial charge in [0.25, 0.3) is 0 Å². The van der Waals surface area contributed by atoms with Crippen molar-refractivity contribution in [2.24, 2.45) is 0 Å². The van der Waals surface area contributed by atoms with Crippen LogP contribution >= 0.6 is 27.5 Å². The maximum Gasteiger partial charge on any atom is 0.318 e. The van der Waals surface area contributed by atoms with Crippen molar-refractivity contribution in [1.82, 2.24) is 20.2 Å². The molecule has 10 heteroatoms. The summed E-state index contributed by atoms with van der Waals surface area (Å²) in [5, 5.41) is 11.6. The molecular formula is C16H14BrClN6O2. The third-order valence-electron chi connectivity index (χ3n) is 3.90. The van der Waals surface area contributed by atoms with Crippen LogP contribution in [0, 0.1) is 11.3 Å². The van der Waals surface area contributed by atoms with Gasteiger partial charge in [0.2, 0.25) is 5.95 Å². The molecule has 2 amide bonds. The molecule has 0 unspecified atom stereocenters. The van der Waals surface area contributed by atoms with Crippen molar-refractivity contribution in [1.29, 1.82) is 5.26 Å². The van der Waals surface area contributed by atoms with Crippen LogP contribution in [0.3, 0.4) is 0 Å². The normalized spacial score (nSPS) is 12.5. The Kier molecular flexibility index (Phi) is 5.15. The summed E-state index contributed by atoms with van der Waals surface area (Å²) in [6.07, 6.45) is 0. The lowest BCUT2D eigenvalue weighted by molar-refractivity contribution is 0.199. The van der Waals surface area contributed by atoms with E-state index in [9.17, 15) is 4.79 Å². The standard InChI is InChI=1S/C16H14BrClN6O2/c1-26-13-4-8(11(18)5-10(13)17)14-9-6-24(16(25)21-3-2-19)7-12(9)22-15(20)23-14/h4-5H,3,6-7H2,1H3,(H,21,25)(H2,20,22,23). The molecular weight excluding hydrogens is 424 g/mol. The molecule has 0 spiro atoms. The number of nitrogen functional groups attached to an aromatic ring is 1. The van der Waals surface area contributed by atoms with Crippen molar-refractivity contribution in [2.75, 3.05) is 19.4 Å². The minimum atomic E-state index is -0.353. The van der Waals surface area contributed by atoms with Crippen molar-refractivity contribution in [3.05, 3.63) is 32.9 Å². The van der Waals surface area contributed by atoms with Gasteiger partial charge in [0.1, 0.15) is 12.3 Å². The maximum atomic E-state index is 12.1. The molecule has 0 fully saturated rings. The second-order valence-electron chi connectivity index (χ2n) is 5.50. The first kappa shape index (κ1) is 18.2. The number of nitrogens with two attached hydrogens (primary N) is 1. The number of nitriles is 1. The van der Waals surface area contributed by atoms with E-state index in [0.29, 0.717) is 32.2 Å². The Labute approximate surface area is 163 Å². The summed E-state index contributed by atoms with van der Waals surface area (Å²) >= 11 is 9.79. The minimum absolute atomic E-state index is 0.0674. The van der Waals surface area contributed by atoms with E-state index in [1.54, 1.807) is 19.2 Å². The highest BCUT2D eigenvalue weighted by Gasteiger charge is 2.29. The number of hydrogen-bond acceptors (Lipinski definition) is 6. The van der Waals surface area contributed by atoms with Crippen LogP contribution < -0.4 is 15.8 Å². The number of amides is 2. The summed E-state index contributed by atoms with van der Waals surface area (Å²) < 4.78 is 6.04. The molecule has 26 heavy (non-hydrogen) atoms. The second kappa shape index (κ2) is 7.35. The Morgan fingerprint density at radius 1 is 1.50 bits per heavy atom. The zero-order valence-corrected chi connectivity index (χ0v) is 16.1. The van der Waals surface area contributed by atoms with E-state index in [1.165, 1.54) is 4.90 Å². The van der Waals surface area contributed by atoms with Crippen molar-refractivity contribution < 1.29 is 9.53 Å². The predicted octanol–water partition coefficient (Wildman–Crippen LogP) is 2.70. The molecule has 1 aromatic carbocycles. The molecule has 1 aliphatic heterocycles. The van der Waals surface area contributed by atoms with E-state index in [2.05, 4.69) is 31.2 Å². The van der Waals surface area contributed by atoms with Crippen LogP contribution in [0.15, 0.2) is 16.6 Å². The average molecular weight is 438 g/mol. The Morgan fingerprint density at radius 3 is 2.96 bits per heavy atom. The zero-order valence-electron chi connectivity index (χ0n) is 13.7. The number of methoxy groups -OCH3 is 1. The second-order valence-corrected chi connectivity index (χ2v) is 6.76. The van der Waals surface area contributed by atoms with Gasteiger partial charge in [0.15, 0.2) is 0 Å². The fraction of sp³-hybridized carbons (Fsp3) is 0.250. The van der Waals surface area contributed by atoms with Gasteiger partial charge in [0.05, 0.1) is 47.2 Å².